The Morgan fingerprint density at radius 2 is 2.03 bits per heavy atom. The average Bonchev–Trinajstić information content (AvgIpc) is 3.32. The van der Waals surface area contributed by atoms with Crippen molar-refractivity contribution in [3.05, 3.63) is 63.9 Å². The maximum atomic E-state index is 6.01. The molecule has 0 radical (unpaired) electrons. The molecule has 1 atom stereocenters. The zero-order valence-electron chi connectivity index (χ0n) is 17.8. The summed E-state index contributed by atoms with van der Waals surface area (Å²) < 4.78 is 7.96. The first-order valence-corrected chi connectivity index (χ1v) is 10.5. The number of aryl methyl sites for hydroxylation is 2. The lowest BCUT2D eigenvalue weighted by Crippen LogP contribution is -2.41. The van der Waals surface area contributed by atoms with Crippen LogP contribution < -0.4 is 15.4 Å². The summed E-state index contributed by atoms with van der Waals surface area (Å²) in [7, 11) is 1.95. The summed E-state index contributed by atoms with van der Waals surface area (Å²) in [4.78, 5) is 5.93. The van der Waals surface area contributed by atoms with E-state index in [1.54, 1.807) is 11.3 Å². The third-order valence-electron chi connectivity index (χ3n) is 4.46. The maximum absolute atomic E-state index is 6.01. The van der Waals surface area contributed by atoms with E-state index < -0.39 is 0 Å². The minimum Gasteiger partial charge on any atom is -0.489 e. The normalized spacial score (nSPS) is 12.2. The molecule has 3 aromatic rings. The van der Waals surface area contributed by atoms with Crippen LogP contribution in [0.3, 0.4) is 0 Å². The van der Waals surface area contributed by atoms with Crippen LogP contribution in [0.1, 0.15) is 29.0 Å². The first kappa shape index (κ1) is 24.1. The highest BCUT2D eigenvalue weighted by molar-refractivity contribution is 14.0. The van der Waals surface area contributed by atoms with E-state index in [-0.39, 0.29) is 30.1 Å². The number of benzene rings is 1. The van der Waals surface area contributed by atoms with E-state index in [0.717, 1.165) is 23.4 Å². The van der Waals surface area contributed by atoms with E-state index in [1.807, 2.05) is 49.7 Å². The van der Waals surface area contributed by atoms with Crippen molar-refractivity contribution in [1.29, 1.82) is 0 Å². The molecule has 0 aliphatic carbocycles. The molecule has 1 aromatic carbocycles. The molecule has 2 heterocycles. The number of thiophene rings is 1. The Morgan fingerprint density at radius 1 is 1.20 bits per heavy atom. The lowest BCUT2D eigenvalue weighted by molar-refractivity contribution is 0.223. The second-order valence-electron chi connectivity index (χ2n) is 6.95. The van der Waals surface area contributed by atoms with Crippen molar-refractivity contribution in [3.63, 3.8) is 0 Å². The third kappa shape index (κ3) is 7.28. The lowest BCUT2D eigenvalue weighted by atomic mass is 10.2. The number of nitrogens with zero attached hydrogens (tertiary/aromatic N) is 4. The molecule has 9 heteroatoms. The number of halogens is 1. The highest BCUT2D eigenvalue weighted by Crippen LogP contribution is 2.14. The molecule has 0 saturated heterocycles. The zero-order valence-corrected chi connectivity index (χ0v) is 20.9. The largest absolute Gasteiger partial charge is 0.489 e. The van der Waals surface area contributed by atoms with E-state index in [1.165, 1.54) is 10.4 Å². The number of aliphatic imine (C=N–C) groups is 1. The minimum absolute atomic E-state index is 0. The summed E-state index contributed by atoms with van der Waals surface area (Å²) in [5.74, 6) is 3.29. The van der Waals surface area contributed by atoms with Gasteiger partial charge in [-0.05, 0) is 49.9 Å². The van der Waals surface area contributed by atoms with Crippen molar-refractivity contribution >= 4 is 41.3 Å². The van der Waals surface area contributed by atoms with Crippen LogP contribution in [0.4, 0.5) is 0 Å². The van der Waals surface area contributed by atoms with Gasteiger partial charge in [-0.1, -0.05) is 18.2 Å². The number of nitrogens with one attached hydrogen (secondary N) is 2. The first-order valence-electron chi connectivity index (χ1n) is 9.64. The number of hydrogen-bond donors (Lipinski definition) is 2. The molecule has 0 aliphatic rings. The van der Waals surface area contributed by atoms with E-state index in [0.29, 0.717) is 19.6 Å². The topological polar surface area (TPSA) is 76.4 Å². The van der Waals surface area contributed by atoms with Gasteiger partial charge in [-0.3, -0.25) is 0 Å². The Balaban J connectivity index is 0.00000320. The van der Waals surface area contributed by atoms with Gasteiger partial charge < -0.3 is 19.9 Å². The second-order valence-corrected chi connectivity index (χ2v) is 7.98. The minimum atomic E-state index is -0.0115. The third-order valence-corrected chi connectivity index (χ3v) is 5.33. The van der Waals surface area contributed by atoms with Crippen LogP contribution in [-0.2, 0) is 20.1 Å². The fourth-order valence-electron chi connectivity index (χ4n) is 2.70. The molecule has 2 aromatic heterocycles. The molecule has 162 valence electrons. The van der Waals surface area contributed by atoms with Crippen LogP contribution in [0.5, 0.6) is 5.75 Å². The molecule has 3 rings (SSSR count). The van der Waals surface area contributed by atoms with Crippen LogP contribution >= 0.6 is 35.3 Å². The molecule has 0 saturated carbocycles. The van der Waals surface area contributed by atoms with E-state index in [2.05, 4.69) is 50.3 Å². The first-order chi connectivity index (χ1) is 14.0. The van der Waals surface area contributed by atoms with Gasteiger partial charge in [-0.25, -0.2) is 4.99 Å². The molecule has 2 N–H and O–H groups in total. The van der Waals surface area contributed by atoms with Crippen LogP contribution in [0, 0.1) is 13.8 Å². The van der Waals surface area contributed by atoms with Gasteiger partial charge >= 0.3 is 0 Å². The van der Waals surface area contributed by atoms with E-state index >= 15 is 0 Å². The van der Waals surface area contributed by atoms with Crippen LogP contribution in [-0.4, -0.2) is 33.4 Å². The lowest BCUT2D eigenvalue weighted by Gasteiger charge is -2.18. The van der Waals surface area contributed by atoms with Crippen molar-refractivity contribution in [1.82, 2.24) is 25.4 Å². The molecule has 1 unspecified atom stereocenters. The predicted molar refractivity (Wildman–Crippen MR) is 133 cm³/mol. The SMILES string of the molecule is Cc1cccc(OC(C)CNC(=NCc2nnc(C)n2C)NCc2cccs2)c1.I. The Morgan fingerprint density at radius 3 is 2.70 bits per heavy atom. The number of hydrogen-bond acceptors (Lipinski definition) is 5. The van der Waals surface area contributed by atoms with Gasteiger partial charge in [0, 0.05) is 11.9 Å². The van der Waals surface area contributed by atoms with Gasteiger partial charge in [0.25, 0.3) is 0 Å². The Labute approximate surface area is 199 Å². The standard InChI is InChI=1S/C21H28N6OS.HI/c1-15-7-5-8-18(11-15)28-16(2)12-22-21(23-13-19-9-6-10-29-19)24-14-20-26-25-17(3)27(20)4;/h5-11,16H,12-14H2,1-4H3,(H2,22,23,24);1H. The van der Waals surface area contributed by atoms with E-state index in [4.69, 9.17) is 4.74 Å². The number of ether oxygens (including phenoxy) is 1. The van der Waals surface area contributed by atoms with E-state index in [9.17, 15) is 0 Å². The van der Waals surface area contributed by atoms with Gasteiger partial charge in [0.1, 0.15) is 24.2 Å². The Bertz CT molecular complexity index is 941. The number of rotatable bonds is 8. The molecule has 0 bridgehead atoms. The number of guanidine groups is 1. The summed E-state index contributed by atoms with van der Waals surface area (Å²) in [6, 6.07) is 12.2. The van der Waals surface area contributed by atoms with Crippen molar-refractivity contribution in [2.75, 3.05) is 6.54 Å². The van der Waals surface area contributed by atoms with Gasteiger partial charge in [-0.15, -0.1) is 45.5 Å². The maximum Gasteiger partial charge on any atom is 0.192 e. The molecule has 0 amide bonds. The fraction of sp³-hybridized carbons (Fsp3) is 0.381. The molecular weight excluding hydrogens is 511 g/mol. The molecule has 0 spiro atoms. The predicted octanol–water partition coefficient (Wildman–Crippen LogP) is 3.81. The van der Waals surface area contributed by atoms with Crippen molar-refractivity contribution in [2.24, 2.45) is 12.0 Å². The van der Waals surface area contributed by atoms with Crippen LogP contribution in [0.25, 0.3) is 0 Å². The van der Waals surface area contributed by atoms with Crippen molar-refractivity contribution < 1.29 is 4.74 Å². The molecular formula is C21H29IN6OS. The molecule has 0 aliphatic heterocycles. The second kappa shape index (κ2) is 11.9. The van der Waals surface area contributed by atoms with Gasteiger partial charge in [0.2, 0.25) is 0 Å². The fourth-order valence-corrected chi connectivity index (χ4v) is 3.34. The monoisotopic (exact) mass is 540 g/mol. The quantitative estimate of drug-likeness (QED) is 0.258. The summed E-state index contributed by atoms with van der Waals surface area (Å²) in [6.45, 7) is 7.82. The Kier molecular flexibility index (Phi) is 9.57. The summed E-state index contributed by atoms with van der Waals surface area (Å²) in [5, 5.41) is 17.1. The van der Waals surface area contributed by atoms with Gasteiger partial charge in [0.05, 0.1) is 13.1 Å². The summed E-state index contributed by atoms with van der Waals surface area (Å²) in [6.07, 6.45) is -0.0115. The number of aromatic nitrogens is 3. The van der Waals surface area contributed by atoms with Crippen LogP contribution in [0.15, 0.2) is 46.8 Å². The van der Waals surface area contributed by atoms with Crippen molar-refractivity contribution in [2.45, 2.75) is 40.0 Å². The highest BCUT2D eigenvalue weighted by atomic mass is 127. The Hall–Kier alpha value is -2.14. The molecule has 0 fully saturated rings. The van der Waals surface area contributed by atoms with Gasteiger partial charge in [-0.2, -0.15) is 0 Å². The summed E-state index contributed by atoms with van der Waals surface area (Å²) in [5.41, 5.74) is 1.18. The van der Waals surface area contributed by atoms with Gasteiger partial charge in [0.15, 0.2) is 11.8 Å². The zero-order chi connectivity index (χ0) is 20.6. The summed E-state index contributed by atoms with van der Waals surface area (Å²) >= 11 is 1.72. The highest BCUT2D eigenvalue weighted by Gasteiger charge is 2.09. The molecule has 7 nitrogen and oxygen atoms in total. The average molecular weight is 540 g/mol. The smallest absolute Gasteiger partial charge is 0.192 e. The van der Waals surface area contributed by atoms with Crippen LogP contribution in [0.2, 0.25) is 0 Å². The van der Waals surface area contributed by atoms with Crippen molar-refractivity contribution in [3.8, 4) is 5.75 Å². The molecule has 30 heavy (non-hydrogen) atoms.